The van der Waals surface area contributed by atoms with Gasteiger partial charge in [-0.05, 0) is 224 Å². The van der Waals surface area contributed by atoms with Crippen LogP contribution >= 0.6 is 0 Å². The average Bonchev–Trinajstić information content (AvgIpc) is 1.24. The number of esters is 3. The molecule has 0 spiro atoms. The van der Waals surface area contributed by atoms with Gasteiger partial charge in [0.05, 0.1) is 104 Å². The Labute approximate surface area is 857 Å². The quantitative estimate of drug-likeness (QED) is 0.0276. The molecule has 0 amide bonds. The van der Waals surface area contributed by atoms with Crippen molar-refractivity contribution in [2.24, 2.45) is 50.2 Å². The Morgan fingerprint density at radius 1 is 0.424 bits per heavy atom. The molecule has 12 fully saturated rings. The largest absolute Gasteiger partial charge is 0.509 e. The number of hydrogen-bond acceptors (Lipinski definition) is 28. The average molecular weight is 2070 g/mol. The molecule has 0 radical (unpaired) electrons. The third kappa shape index (κ3) is 17.7. The van der Waals surface area contributed by atoms with Gasteiger partial charge < -0.3 is 109 Å². The first-order valence-electron chi connectivity index (χ1n) is 53.2. The van der Waals surface area contributed by atoms with Crippen molar-refractivity contribution in [2.75, 3.05) is 33.0 Å². The highest BCUT2D eigenvalue weighted by molar-refractivity contribution is 6.74. The van der Waals surface area contributed by atoms with E-state index in [1.54, 1.807) is 86.7 Å². The summed E-state index contributed by atoms with van der Waals surface area (Å²) >= 11 is 0. The second kappa shape index (κ2) is 41.1. The molecule has 18 rings (SSSR count). The number of benzene rings is 3. The molecule has 28 nitrogen and oxygen atoms in total. The Morgan fingerprint density at radius 2 is 0.743 bits per heavy atom. The molecule has 3 N–H and O–H groups in total. The Hall–Kier alpha value is -6.72. The Balaban J connectivity index is 0.000000156. The predicted molar refractivity (Wildman–Crippen MR) is 550 cm³/mol. The number of hydrogen-bond donors (Lipinski definition) is 3. The Kier molecular flexibility index (Phi) is 31.4. The van der Waals surface area contributed by atoms with Crippen molar-refractivity contribution >= 4 is 64.9 Å². The molecule has 6 saturated heterocycles. The highest BCUT2D eigenvalue weighted by Crippen LogP contribution is 2.73. The first-order valence-corrected chi connectivity index (χ1v) is 63.9. The van der Waals surface area contributed by atoms with E-state index in [1.807, 2.05) is 64.1 Å². The lowest BCUT2D eigenvalue weighted by atomic mass is 9.45. The first-order chi connectivity index (χ1) is 68.1. The van der Waals surface area contributed by atoms with Crippen LogP contribution in [0.25, 0.3) is 0 Å². The first kappa shape index (κ1) is 110. The number of aliphatic hydroxyl groups is 3. The van der Waals surface area contributed by atoms with Crippen molar-refractivity contribution in [3.05, 3.63) is 179 Å². The minimum Gasteiger partial charge on any atom is -0.455 e. The van der Waals surface area contributed by atoms with Gasteiger partial charge in [0.2, 0.25) is 0 Å². The Morgan fingerprint density at radius 3 is 1.06 bits per heavy atom. The molecule has 15 aliphatic rings. The summed E-state index contributed by atoms with van der Waals surface area (Å²) in [5.41, 5.74) is -5.51. The van der Waals surface area contributed by atoms with Gasteiger partial charge in [0.25, 0.3) is 0 Å². The minimum atomic E-state index is -2.19. The van der Waals surface area contributed by atoms with Gasteiger partial charge in [-0.3, -0.25) is 0 Å². The van der Waals surface area contributed by atoms with Crippen molar-refractivity contribution < 1.29 is 133 Å². The van der Waals surface area contributed by atoms with Crippen molar-refractivity contribution in [3.63, 3.8) is 0 Å². The molecule has 3 aromatic carbocycles. The zero-order chi connectivity index (χ0) is 104. The topological polar surface area (TPSA) is 331 Å². The fourth-order valence-electron chi connectivity index (χ4n) is 29.7. The predicted octanol–water partition coefficient (Wildman–Crippen LogP) is 19.2. The minimum absolute atomic E-state index is 0.0139. The summed E-state index contributed by atoms with van der Waals surface area (Å²) < 4.78 is 133. The van der Waals surface area contributed by atoms with E-state index >= 15 is 0 Å². The van der Waals surface area contributed by atoms with Gasteiger partial charge in [0.1, 0.15) is 71.2 Å². The number of fused-ring (bicyclic) bond motifs is 24. The second-order valence-corrected chi connectivity index (χ2v) is 60.3. The molecule has 3 unspecified atom stereocenters. The summed E-state index contributed by atoms with van der Waals surface area (Å²) in [6.07, 6.45) is -3.29. The molecule has 0 aromatic heterocycles. The van der Waals surface area contributed by atoms with Gasteiger partial charge in [-0.25, -0.2) is 24.0 Å². The van der Waals surface area contributed by atoms with Gasteiger partial charge in [-0.15, -0.1) is 0 Å². The SMILES string of the molecule is C=CC1O[C@@H]2C3=C(C)[C@@H](O)C[C@@](O)([C@@H](OC(=O)c4ccccc4)[C@H]4[C@@](C)(CC[C@H]5OC[C@]54OC(=O)OCC)[C@@H]2O1)C3(C)C.C=CC1O[C@@H]2C3=C(C)[C@@H](O[Si](CC)(CC)CC)C[C@@](O[SiH](C)C)([C@@H](OC(=O)c4ccccc4)[C@H]4[C@@](C)(CC[C@H]5OC[C@]54O)[C@@H]2O1)C3(C)C.C=CC1O[C@@H]2C3=C(C)[C@@H](O[Si](CC)(CC)CC)C[C@@](O[SiH](C)C)([C@@H](OC(=O)c4ccccc4)[C@H]4[C@@](C)(CC[C@H]5OC[C@]54OC(=O)OCC)[C@@H]2O1)C3(C)C. The van der Waals surface area contributed by atoms with E-state index in [4.69, 9.17) is 93.5 Å². The Bertz CT molecular complexity index is 5300. The van der Waals surface area contributed by atoms with E-state index in [2.05, 4.69) is 143 Å². The van der Waals surface area contributed by atoms with Crippen LogP contribution < -0.4 is 0 Å². The van der Waals surface area contributed by atoms with E-state index < -0.39 is 241 Å². The molecular weight excluding hydrogens is 1910 g/mol. The summed E-state index contributed by atoms with van der Waals surface area (Å²) in [6, 6.07) is 32.7. The fourth-order valence-corrected chi connectivity index (χ4v) is 38.2. The van der Waals surface area contributed by atoms with Gasteiger partial charge in [0.15, 0.2) is 64.8 Å². The molecule has 144 heavy (non-hydrogen) atoms. The summed E-state index contributed by atoms with van der Waals surface area (Å²) in [4.78, 5) is 69.4. The number of rotatable bonds is 27. The van der Waals surface area contributed by atoms with Crippen molar-refractivity contribution in [1.82, 2.24) is 0 Å². The fraction of sp³-hybridized carbons (Fsp3) is 0.688. The van der Waals surface area contributed by atoms with Gasteiger partial charge >= 0.3 is 30.2 Å². The van der Waals surface area contributed by atoms with Gasteiger partial charge in [0, 0.05) is 57.7 Å². The normalized spacial score (nSPS) is 39.9. The number of ether oxygens (including phenoxy) is 16. The summed E-state index contributed by atoms with van der Waals surface area (Å²) in [5.74, 6) is -3.57. The molecule has 9 aliphatic carbocycles. The van der Waals surface area contributed by atoms with Crippen LogP contribution in [-0.4, -0.2) is 257 Å². The lowest BCUT2D eigenvalue weighted by molar-refractivity contribution is -0.344. The van der Waals surface area contributed by atoms with E-state index in [0.29, 0.717) is 79.2 Å². The maximum Gasteiger partial charge on any atom is 0.509 e. The summed E-state index contributed by atoms with van der Waals surface area (Å²) in [5, 5.41) is 37.4. The lowest BCUT2D eigenvalue weighted by Gasteiger charge is -2.69. The van der Waals surface area contributed by atoms with Crippen LogP contribution in [-0.2, 0) is 93.5 Å². The number of carbonyl (C=O) groups is 5. The molecule has 30 atom stereocenters. The summed E-state index contributed by atoms with van der Waals surface area (Å²) in [7, 11) is -8.08. The number of carbonyl (C=O) groups excluding carboxylic acids is 5. The smallest absolute Gasteiger partial charge is 0.455 e. The highest BCUT2D eigenvalue weighted by atomic mass is 28.4. The molecule has 6 heterocycles. The van der Waals surface area contributed by atoms with Crippen molar-refractivity contribution in [1.29, 1.82) is 0 Å². The zero-order valence-corrected chi connectivity index (χ0v) is 93.8. The van der Waals surface area contributed by atoms with Crippen molar-refractivity contribution in [3.8, 4) is 0 Å². The van der Waals surface area contributed by atoms with Gasteiger partial charge in [-0.1, -0.05) is 178 Å². The maximum atomic E-state index is 14.6. The highest BCUT2D eigenvalue weighted by Gasteiger charge is 2.82. The molecule has 32 heteroatoms. The van der Waals surface area contributed by atoms with E-state index in [0.717, 1.165) is 58.6 Å². The zero-order valence-electron chi connectivity index (χ0n) is 89.5. The van der Waals surface area contributed by atoms with Crippen LogP contribution in [0, 0.1) is 50.2 Å². The van der Waals surface area contributed by atoms with Crippen LogP contribution in [0.3, 0.4) is 0 Å². The molecule has 3 aromatic rings. The standard InChI is InChI=1S/C41H62O10Si2.C38H58O8Si2.C33H42O10/c1-12-30-46-32-31-26(6)28(50-53(14-3,15-4)16-5)24-41(38(31,7)8,51-52(10)11)35(48-36(42)27-20-18-17-19-21-27)33-39(9,34(32)47-30)23-22-29-40(33,25-45-29)49-37(43)44-13-2;1-11-28-42-30-29-24(5)26(45-48(12-2,13-3)14-4)22-38(35(29,6)7,46-47(9)10)33(44-34(39)25-18-16-15-17-19-25)31-36(8,32(30)43-28)21-20-27-37(31,40)23-41-27;1-7-22-40-24-23-18(3)20(34)16-33(37,30(23,4)5)27(42-28(35)19-12-10-9-11-13-19)25-31(6,26(24)41-22)15-14-21-32(25,17-39-21)43-29(36)38-8-2/h12,17-21,28-30,32-35,52H,1,13-16,22-25H2,2-11H3;11,15-19,26-28,30-33,40,47H,1,12-14,20-23H2,2-10H3;7,9-13,20-22,24-27,34,37H,1,8,14-17H2,2-6H3/t28-,29+,30?,32+,33-,34+,35-,39+,40-,41+;26-,27+,28?,30+,31-,32+,33-,36+,37-,38+;20-,21+,22?,24+,25-,26+,27-,31+,32-,33+/m000/s1. The van der Waals surface area contributed by atoms with E-state index in [9.17, 15) is 39.3 Å². The third-order valence-electron chi connectivity index (χ3n) is 37.7. The molecule has 6 aliphatic heterocycles. The third-order valence-corrected chi connectivity index (χ3v) is 48.8. The van der Waals surface area contributed by atoms with Crippen LogP contribution in [0.1, 0.15) is 227 Å². The molecule has 6 bridgehead atoms. The number of aliphatic hydroxyl groups excluding tert-OH is 1. The summed E-state index contributed by atoms with van der Waals surface area (Å²) in [6.45, 7) is 63.4. The van der Waals surface area contributed by atoms with Gasteiger partial charge in [-0.2, -0.15) is 0 Å². The van der Waals surface area contributed by atoms with Crippen LogP contribution in [0.5, 0.6) is 0 Å². The van der Waals surface area contributed by atoms with E-state index in [1.165, 1.54) is 0 Å². The van der Waals surface area contributed by atoms with Crippen molar-refractivity contribution in [2.45, 2.75) is 403 Å². The maximum absolute atomic E-state index is 14.6. The molecule has 6 saturated carbocycles. The van der Waals surface area contributed by atoms with Crippen LogP contribution in [0.2, 0.25) is 62.5 Å². The molecule has 794 valence electrons. The second-order valence-electron chi connectivity index (χ2n) is 46.2. The van der Waals surface area contributed by atoms with Crippen LogP contribution in [0.4, 0.5) is 9.59 Å². The van der Waals surface area contributed by atoms with E-state index in [-0.39, 0.29) is 57.8 Å². The monoisotopic (exact) mass is 2070 g/mol. The lowest BCUT2D eigenvalue weighted by Crippen LogP contribution is -2.80. The molecular formula is C112H162O28Si4. The van der Waals surface area contributed by atoms with Crippen LogP contribution in [0.15, 0.2) is 162 Å².